The van der Waals surface area contributed by atoms with E-state index in [-0.39, 0.29) is 5.91 Å². The lowest BCUT2D eigenvalue weighted by Crippen LogP contribution is -2.30. The molecule has 0 aliphatic heterocycles. The van der Waals surface area contributed by atoms with Crippen molar-refractivity contribution in [2.75, 3.05) is 17.8 Å². The molecule has 0 spiro atoms. The molecule has 0 saturated heterocycles. The fourth-order valence-electron chi connectivity index (χ4n) is 3.47. The second-order valence-corrected chi connectivity index (χ2v) is 9.71. The number of methoxy groups -OCH3 is 1. The Balaban J connectivity index is 1.53. The zero-order valence-corrected chi connectivity index (χ0v) is 20.0. The van der Waals surface area contributed by atoms with E-state index in [2.05, 4.69) is 31.0 Å². The van der Waals surface area contributed by atoms with E-state index in [1.807, 2.05) is 41.3 Å². The molecule has 0 fully saturated rings. The SMILES string of the molecule is COc1ccc(SCCC(=O)N(Cc2ccncc2)c2nc3c(C)cc(C)cc3s2)cc1. The number of pyridine rings is 1. The summed E-state index contributed by atoms with van der Waals surface area (Å²) >= 11 is 3.24. The molecular weight excluding hydrogens is 438 g/mol. The molecule has 32 heavy (non-hydrogen) atoms. The fourth-order valence-corrected chi connectivity index (χ4v) is 5.47. The quantitative estimate of drug-likeness (QED) is 0.299. The van der Waals surface area contributed by atoms with Gasteiger partial charge in [0.05, 0.1) is 23.9 Å². The Kier molecular flexibility index (Phi) is 7.07. The van der Waals surface area contributed by atoms with Gasteiger partial charge in [0.25, 0.3) is 0 Å². The third-order valence-electron chi connectivity index (χ3n) is 5.08. The highest BCUT2D eigenvalue weighted by atomic mass is 32.2. The number of fused-ring (bicyclic) bond motifs is 1. The predicted molar refractivity (Wildman–Crippen MR) is 133 cm³/mol. The van der Waals surface area contributed by atoms with E-state index in [1.54, 1.807) is 42.6 Å². The van der Waals surface area contributed by atoms with Crippen LogP contribution in [0.4, 0.5) is 5.13 Å². The Morgan fingerprint density at radius 2 is 1.84 bits per heavy atom. The minimum atomic E-state index is 0.0660. The van der Waals surface area contributed by atoms with Crippen LogP contribution >= 0.6 is 23.1 Å². The average molecular weight is 464 g/mol. The number of nitrogens with zero attached hydrogens (tertiary/aromatic N) is 3. The minimum Gasteiger partial charge on any atom is -0.497 e. The van der Waals surface area contributed by atoms with Gasteiger partial charge in [-0.25, -0.2) is 4.98 Å². The van der Waals surface area contributed by atoms with Crippen LogP contribution in [0.1, 0.15) is 23.1 Å². The number of hydrogen-bond donors (Lipinski definition) is 0. The second kappa shape index (κ2) is 10.1. The topological polar surface area (TPSA) is 55.3 Å². The zero-order valence-electron chi connectivity index (χ0n) is 18.4. The highest BCUT2D eigenvalue weighted by Crippen LogP contribution is 2.33. The molecule has 0 atom stereocenters. The highest BCUT2D eigenvalue weighted by Gasteiger charge is 2.21. The summed E-state index contributed by atoms with van der Waals surface area (Å²) in [6.07, 6.45) is 3.93. The summed E-state index contributed by atoms with van der Waals surface area (Å²) in [6.45, 7) is 4.63. The smallest absolute Gasteiger partial charge is 0.229 e. The van der Waals surface area contributed by atoms with Crippen LogP contribution in [0.15, 0.2) is 65.8 Å². The van der Waals surface area contributed by atoms with Gasteiger partial charge in [0.1, 0.15) is 5.75 Å². The Morgan fingerprint density at radius 3 is 2.56 bits per heavy atom. The van der Waals surface area contributed by atoms with E-state index in [0.29, 0.717) is 18.7 Å². The molecule has 1 amide bonds. The van der Waals surface area contributed by atoms with Crippen molar-refractivity contribution in [3.63, 3.8) is 0 Å². The molecule has 0 unspecified atom stereocenters. The number of anilines is 1. The van der Waals surface area contributed by atoms with Crippen LogP contribution in [0.3, 0.4) is 0 Å². The third-order valence-corrected chi connectivity index (χ3v) is 7.12. The van der Waals surface area contributed by atoms with Crippen molar-refractivity contribution in [1.82, 2.24) is 9.97 Å². The van der Waals surface area contributed by atoms with Crippen LogP contribution in [0.2, 0.25) is 0 Å². The van der Waals surface area contributed by atoms with E-state index < -0.39 is 0 Å². The summed E-state index contributed by atoms with van der Waals surface area (Å²) in [4.78, 5) is 25.2. The maximum atomic E-state index is 13.3. The van der Waals surface area contributed by atoms with Gasteiger partial charge in [-0.05, 0) is 73.0 Å². The molecule has 0 radical (unpaired) electrons. The predicted octanol–water partition coefficient (Wildman–Crippen LogP) is 6.03. The van der Waals surface area contributed by atoms with Crippen molar-refractivity contribution in [1.29, 1.82) is 0 Å². The van der Waals surface area contributed by atoms with Crippen molar-refractivity contribution in [3.8, 4) is 5.75 Å². The van der Waals surface area contributed by atoms with Crippen LogP contribution < -0.4 is 9.64 Å². The second-order valence-electron chi connectivity index (χ2n) is 7.53. The molecule has 2 aromatic carbocycles. The Morgan fingerprint density at radius 1 is 1.09 bits per heavy atom. The van der Waals surface area contributed by atoms with Crippen LogP contribution in [0, 0.1) is 13.8 Å². The lowest BCUT2D eigenvalue weighted by Gasteiger charge is -2.20. The first-order valence-corrected chi connectivity index (χ1v) is 12.2. The molecule has 5 nitrogen and oxygen atoms in total. The van der Waals surface area contributed by atoms with E-state index in [9.17, 15) is 4.79 Å². The van der Waals surface area contributed by atoms with Crippen molar-refractivity contribution in [2.24, 2.45) is 0 Å². The van der Waals surface area contributed by atoms with Gasteiger partial charge in [0, 0.05) is 29.5 Å². The number of aromatic nitrogens is 2. The molecule has 0 aliphatic carbocycles. The molecule has 2 aromatic heterocycles. The largest absolute Gasteiger partial charge is 0.497 e. The van der Waals surface area contributed by atoms with E-state index >= 15 is 0 Å². The lowest BCUT2D eigenvalue weighted by molar-refractivity contribution is -0.118. The number of benzene rings is 2. The average Bonchev–Trinajstić information content (AvgIpc) is 3.22. The standard InChI is InChI=1S/C25H25N3O2S2/c1-17-14-18(2)24-22(15-17)32-25(27-24)28(16-19-8-11-26-12-9-19)23(29)10-13-31-21-6-4-20(30-3)5-7-21/h4-9,11-12,14-15H,10,13,16H2,1-3H3. The first kappa shape index (κ1) is 22.3. The van der Waals surface area contributed by atoms with Gasteiger partial charge in [0.15, 0.2) is 5.13 Å². The van der Waals surface area contributed by atoms with Gasteiger partial charge >= 0.3 is 0 Å². The van der Waals surface area contributed by atoms with Gasteiger partial charge in [-0.2, -0.15) is 0 Å². The molecule has 2 heterocycles. The maximum Gasteiger partial charge on any atom is 0.229 e. The number of thiazole rings is 1. The Bertz CT molecular complexity index is 1210. The first-order valence-electron chi connectivity index (χ1n) is 10.4. The zero-order chi connectivity index (χ0) is 22.5. The molecule has 4 rings (SSSR count). The third kappa shape index (κ3) is 5.29. The van der Waals surface area contributed by atoms with E-state index in [0.717, 1.165) is 37.1 Å². The van der Waals surface area contributed by atoms with E-state index in [4.69, 9.17) is 9.72 Å². The molecule has 4 aromatic rings. The number of ether oxygens (including phenoxy) is 1. The molecule has 0 saturated carbocycles. The van der Waals surface area contributed by atoms with Crippen molar-refractivity contribution in [2.45, 2.75) is 31.7 Å². The summed E-state index contributed by atoms with van der Waals surface area (Å²) in [5.74, 6) is 1.59. The van der Waals surface area contributed by atoms with Gasteiger partial charge < -0.3 is 4.74 Å². The molecule has 0 bridgehead atoms. The monoisotopic (exact) mass is 463 g/mol. The summed E-state index contributed by atoms with van der Waals surface area (Å²) in [5, 5.41) is 0.741. The van der Waals surface area contributed by atoms with Gasteiger partial charge in [-0.3, -0.25) is 14.7 Å². The normalized spacial score (nSPS) is 11.0. The van der Waals surface area contributed by atoms with Gasteiger partial charge in [-0.1, -0.05) is 17.4 Å². The van der Waals surface area contributed by atoms with Crippen molar-refractivity contribution >= 4 is 44.4 Å². The molecule has 0 N–H and O–H groups in total. The van der Waals surface area contributed by atoms with Crippen molar-refractivity contribution in [3.05, 3.63) is 77.6 Å². The number of thioether (sulfide) groups is 1. The molecular formula is C25H25N3O2S2. The van der Waals surface area contributed by atoms with Crippen LogP contribution in [0.5, 0.6) is 5.75 Å². The number of carbonyl (C=O) groups is 1. The van der Waals surface area contributed by atoms with Crippen LogP contribution in [-0.4, -0.2) is 28.7 Å². The number of hydrogen-bond acceptors (Lipinski definition) is 6. The summed E-state index contributed by atoms with van der Waals surface area (Å²) in [5.41, 5.74) is 4.33. The van der Waals surface area contributed by atoms with Crippen molar-refractivity contribution < 1.29 is 9.53 Å². The summed E-state index contributed by atoms with van der Waals surface area (Å²) < 4.78 is 6.32. The Hall–Kier alpha value is -2.90. The lowest BCUT2D eigenvalue weighted by atomic mass is 10.1. The minimum absolute atomic E-state index is 0.0660. The van der Waals surface area contributed by atoms with E-state index in [1.165, 1.54) is 5.56 Å². The molecule has 0 aliphatic rings. The Labute approximate surface area is 196 Å². The number of rotatable bonds is 8. The van der Waals surface area contributed by atoms with Crippen LogP contribution in [-0.2, 0) is 11.3 Å². The number of carbonyl (C=O) groups excluding carboxylic acids is 1. The number of aryl methyl sites for hydroxylation is 2. The number of amides is 1. The first-order chi connectivity index (χ1) is 15.5. The van der Waals surface area contributed by atoms with Crippen LogP contribution in [0.25, 0.3) is 10.2 Å². The summed E-state index contributed by atoms with van der Waals surface area (Å²) in [6, 6.07) is 16.0. The van der Waals surface area contributed by atoms with Gasteiger partial charge in [0.2, 0.25) is 5.91 Å². The summed E-state index contributed by atoms with van der Waals surface area (Å²) in [7, 11) is 1.66. The highest BCUT2D eigenvalue weighted by molar-refractivity contribution is 7.99. The molecule has 7 heteroatoms. The maximum absolute atomic E-state index is 13.3. The van der Waals surface area contributed by atoms with Gasteiger partial charge in [-0.15, -0.1) is 11.8 Å². The molecule has 164 valence electrons. The fraction of sp³-hybridized carbons (Fsp3) is 0.240.